The normalized spacial score (nSPS) is 11.8. The summed E-state index contributed by atoms with van der Waals surface area (Å²) in [6.45, 7) is 0. The summed E-state index contributed by atoms with van der Waals surface area (Å²) in [4.78, 5) is 25.1. The Kier molecular flexibility index (Phi) is 7.94. The minimum absolute atomic E-state index is 0.669. The standard InChI is InChI=1S/C55H33N7S/c1-3-12-34(13-4-1)44-31-53(60-55(59-44)35-14-5-2-6-15-35)62-48-19-10-7-16-39(48)41-24-21-37(29-50(41)62)46-33-56-32-45(58-46)36-22-25-49-42(28-36)40-17-8-9-18-47(40)61(49)38-23-26-51-43(30-38)54-52(63-51)20-11-27-57-54/h1-33H. The molecule has 8 heteroatoms. The zero-order chi connectivity index (χ0) is 41.4. The molecule has 0 saturated carbocycles. The van der Waals surface area contributed by atoms with Gasteiger partial charge in [0.05, 0.1) is 61.8 Å². The summed E-state index contributed by atoms with van der Waals surface area (Å²) in [5, 5.41) is 5.79. The fourth-order valence-electron chi connectivity index (χ4n) is 9.18. The van der Waals surface area contributed by atoms with E-state index in [1.807, 2.05) is 61.1 Å². The lowest BCUT2D eigenvalue weighted by Crippen LogP contribution is -2.02. The second-order valence-corrected chi connectivity index (χ2v) is 16.8. The van der Waals surface area contributed by atoms with Crippen molar-refractivity contribution in [3.8, 4) is 56.7 Å². The van der Waals surface area contributed by atoms with Crippen LogP contribution >= 0.6 is 11.3 Å². The topological polar surface area (TPSA) is 74.3 Å². The van der Waals surface area contributed by atoms with Crippen molar-refractivity contribution >= 4 is 75.3 Å². The Balaban J connectivity index is 0.942. The van der Waals surface area contributed by atoms with Gasteiger partial charge in [0.25, 0.3) is 0 Å². The number of rotatable bonds is 6. The molecule has 0 aliphatic carbocycles. The quantitative estimate of drug-likeness (QED) is 0.167. The zero-order valence-corrected chi connectivity index (χ0v) is 34.4. The van der Waals surface area contributed by atoms with E-state index in [0.29, 0.717) is 5.82 Å². The molecule has 0 atom stereocenters. The Bertz CT molecular complexity index is 3870. The molecule has 0 N–H and O–H groups in total. The SMILES string of the molecule is c1ccc(-c2cc(-n3c4ccccc4c4ccc(-c5cncc(-c6ccc7c(c6)c6ccccc6n7-c6ccc7sc8cccnc8c7c6)n5)cc43)nc(-c3ccccc3)n2)cc1. The van der Waals surface area contributed by atoms with Crippen molar-refractivity contribution in [2.45, 2.75) is 0 Å². The van der Waals surface area contributed by atoms with Crippen molar-refractivity contribution in [2.75, 3.05) is 0 Å². The third-order valence-corrected chi connectivity index (χ3v) is 13.2. The highest BCUT2D eigenvalue weighted by Gasteiger charge is 2.19. The van der Waals surface area contributed by atoms with Crippen LogP contribution in [0, 0.1) is 0 Å². The first-order valence-electron chi connectivity index (χ1n) is 20.9. The smallest absolute Gasteiger partial charge is 0.162 e. The van der Waals surface area contributed by atoms with Gasteiger partial charge in [0.15, 0.2) is 5.82 Å². The summed E-state index contributed by atoms with van der Waals surface area (Å²) >= 11 is 1.78. The average Bonchev–Trinajstić information content (AvgIpc) is 4.01. The molecule has 0 bridgehead atoms. The highest BCUT2D eigenvalue weighted by molar-refractivity contribution is 7.25. The molecule has 0 fully saturated rings. The number of fused-ring (bicyclic) bond motifs is 9. The van der Waals surface area contributed by atoms with E-state index in [4.69, 9.17) is 24.9 Å². The van der Waals surface area contributed by atoms with Crippen LogP contribution in [0.3, 0.4) is 0 Å². The predicted molar refractivity (Wildman–Crippen MR) is 259 cm³/mol. The van der Waals surface area contributed by atoms with E-state index >= 15 is 0 Å². The molecule has 6 aromatic heterocycles. The van der Waals surface area contributed by atoms with E-state index in [-0.39, 0.29) is 0 Å². The zero-order valence-electron chi connectivity index (χ0n) is 33.6. The number of nitrogens with zero attached hydrogens (tertiary/aromatic N) is 7. The van der Waals surface area contributed by atoms with Crippen LogP contribution in [0.25, 0.3) is 121 Å². The lowest BCUT2D eigenvalue weighted by Gasteiger charge is -2.12. The molecule has 13 aromatic rings. The fraction of sp³-hybridized carbons (Fsp3) is 0. The van der Waals surface area contributed by atoms with Gasteiger partial charge < -0.3 is 4.57 Å². The van der Waals surface area contributed by atoms with Crippen molar-refractivity contribution in [1.82, 2.24) is 34.1 Å². The van der Waals surface area contributed by atoms with Crippen molar-refractivity contribution in [1.29, 1.82) is 0 Å². The van der Waals surface area contributed by atoms with E-state index in [2.05, 4.69) is 149 Å². The minimum atomic E-state index is 0.669. The Morgan fingerprint density at radius 1 is 0.381 bits per heavy atom. The summed E-state index contributed by atoms with van der Waals surface area (Å²) < 4.78 is 7.05. The minimum Gasteiger partial charge on any atom is -0.309 e. The Morgan fingerprint density at radius 3 is 1.86 bits per heavy atom. The van der Waals surface area contributed by atoms with E-state index < -0.39 is 0 Å². The van der Waals surface area contributed by atoms with Crippen LogP contribution in [-0.2, 0) is 0 Å². The first kappa shape index (κ1) is 35.4. The van der Waals surface area contributed by atoms with E-state index in [1.54, 1.807) is 11.3 Å². The maximum Gasteiger partial charge on any atom is 0.162 e. The van der Waals surface area contributed by atoms with Crippen LogP contribution in [0.15, 0.2) is 201 Å². The van der Waals surface area contributed by atoms with Crippen molar-refractivity contribution < 1.29 is 0 Å². The monoisotopic (exact) mass is 823 g/mol. The fourth-order valence-corrected chi connectivity index (χ4v) is 10.2. The molecular formula is C55H33N7S. The Hall–Kier alpha value is -8.33. The number of hydrogen-bond acceptors (Lipinski definition) is 6. The second-order valence-electron chi connectivity index (χ2n) is 15.8. The summed E-state index contributed by atoms with van der Waals surface area (Å²) in [6, 6.07) is 63.8. The van der Waals surface area contributed by atoms with Crippen molar-refractivity contribution in [2.24, 2.45) is 0 Å². The van der Waals surface area contributed by atoms with Crippen LogP contribution in [-0.4, -0.2) is 34.1 Å². The van der Waals surface area contributed by atoms with Gasteiger partial charge in [-0.2, -0.15) is 0 Å². The molecule has 0 saturated heterocycles. The predicted octanol–water partition coefficient (Wildman–Crippen LogP) is 13.9. The summed E-state index contributed by atoms with van der Waals surface area (Å²) in [6.07, 6.45) is 5.59. The van der Waals surface area contributed by atoms with Gasteiger partial charge in [-0.3, -0.25) is 14.5 Å². The molecule has 13 rings (SSSR count). The number of aromatic nitrogens is 7. The number of hydrogen-bond donors (Lipinski definition) is 0. The molecule has 0 spiro atoms. The molecular weight excluding hydrogens is 791 g/mol. The van der Waals surface area contributed by atoms with Gasteiger partial charge in [-0.25, -0.2) is 15.0 Å². The first-order chi connectivity index (χ1) is 31.2. The van der Waals surface area contributed by atoms with Crippen molar-refractivity contribution in [3.05, 3.63) is 201 Å². The molecule has 0 radical (unpaired) electrons. The van der Waals surface area contributed by atoms with Crippen LogP contribution in [0.5, 0.6) is 0 Å². The van der Waals surface area contributed by atoms with Crippen LogP contribution in [0.1, 0.15) is 0 Å². The number of benzene rings is 7. The molecule has 6 heterocycles. The summed E-state index contributed by atoms with van der Waals surface area (Å²) in [5.74, 6) is 1.46. The van der Waals surface area contributed by atoms with Gasteiger partial charge in [-0.05, 0) is 60.7 Å². The number of thiophene rings is 1. The first-order valence-corrected chi connectivity index (χ1v) is 21.7. The highest BCUT2D eigenvalue weighted by Crippen LogP contribution is 2.39. The average molecular weight is 824 g/mol. The Morgan fingerprint density at radius 2 is 1.05 bits per heavy atom. The van der Waals surface area contributed by atoms with E-state index in [9.17, 15) is 0 Å². The third-order valence-electron chi connectivity index (χ3n) is 12.1. The molecule has 0 amide bonds. The molecule has 0 aliphatic rings. The molecule has 0 unspecified atom stereocenters. The second kappa shape index (κ2) is 14.1. The van der Waals surface area contributed by atoms with E-state index in [0.717, 1.165) is 94.6 Å². The van der Waals surface area contributed by atoms with E-state index in [1.165, 1.54) is 20.2 Å². The maximum atomic E-state index is 5.28. The lowest BCUT2D eigenvalue weighted by molar-refractivity contribution is 1.05. The third kappa shape index (κ3) is 5.76. The lowest BCUT2D eigenvalue weighted by atomic mass is 10.1. The van der Waals surface area contributed by atoms with Crippen molar-refractivity contribution in [3.63, 3.8) is 0 Å². The molecule has 7 aromatic carbocycles. The maximum absolute atomic E-state index is 5.28. The van der Waals surface area contributed by atoms with Crippen LogP contribution in [0.2, 0.25) is 0 Å². The Labute approximate surface area is 364 Å². The molecule has 0 aliphatic heterocycles. The van der Waals surface area contributed by atoms with Gasteiger partial charge in [0, 0.05) is 71.8 Å². The van der Waals surface area contributed by atoms with Gasteiger partial charge >= 0.3 is 0 Å². The highest BCUT2D eigenvalue weighted by atomic mass is 32.1. The number of para-hydroxylation sites is 2. The summed E-state index contributed by atoms with van der Waals surface area (Å²) in [5.41, 5.74) is 12.9. The van der Waals surface area contributed by atoms with Gasteiger partial charge in [0.1, 0.15) is 5.82 Å². The summed E-state index contributed by atoms with van der Waals surface area (Å²) in [7, 11) is 0. The molecule has 63 heavy (non-hydrogen) atoms. The van der Waals surface area contributed by atoms with Gasteiger partial charge in [-0.1, -0.05) is 115 Å². The van der Waals surface area contributed by atoms with Gasteiger partial charge in [-0.15, -0.1) is 11.3 Å². The van der Waals surface area contributed by atoms with Crippen LogP contribution < -0.4 is 0 Å². The largest absolute Gasteiger partial charge is 0.309 e. The number of pyridine rings is 1. The van der Waals surface area contributed by atoms with Crippen LogP contribution in [0.4, 0.5) is 0 Å². The molecule has 294 valence electrons. The van der Waals surface area contributed by atoms with Gasteiger partial charge in [0.2, 0.25) is 0 Å². The molecule has 7 nitrogen and oxygen atoms in total.